The number of nitrogens with one attached hydrogen (secondary N) is 1. The van der Waals surface area contributed by atoms with Crippen molar-refractivity contribution in [2.75, 3.05) is 6.54 Å². The molecule has 1 heterocycles. The molecule has 0 saturated heterocycles. The van der Waals surface area contributed by atoms with Crippen LogP contribution in [0, 0.1) is 11.8 Å². The molecule has 2 aliphatic carbocycles. The van der Waals surface area contributed by atoms with Crippen LogP contribution in [0.4, 0.5) is 4.79 Å². The molecule has 3 nitrogen and oxygen atoms in total. The number of urea groups is 1. The minimum atomic E-state index is 0.156. The molecule has 3 heteroatoms. The fraction of sp³-hybridized carbons (Fsp3) is 0.588. The summed E-state index contributed by atoms with van der Waals surface area (Å²) < 4.78 is 0. The van der Waals surface area contributed by atoms with Gasteiger partial charge in [-0.05, 0) is 55.1 Å². The molecule has 2 saturated carbocycles. The Kier molecular flexibility index (Phi) is 2.94. The van der Waals surface area contributed by atoms with Crippen LogP contribution in [0.2, 0.25) is 0 Å². The standard InChI is InChI=1S/C17H22N2O/c20-17(18-16(13-5-6-13)14-7-8-14)19-10-9-12-3-1-2-4-15(12)11-19/h1-4,13-14,16H,5-11H2,(H,18,20). The van der Waals surface area contributed by atoms with Gasteiger partial charge in [0.05, 0.1) is 0 Å². The maximum Gasteiger partial charge on any atom is 0.317 e. The van der Waals surface area contributed by atoms with Gasteiger partial charge in [0.1, 0.15) is 0 Å². The number of hydrogen-bond acceptors (Lipinski definition) is 1. The summed E-state index contributed by atoms with van der Waals surface area (Å²) in [6.07, 6.45) is 6.23. The molecule has 2 amide bonds. The Labute approximate surface area is 120 Å². The molecule has 1 aromatic rings. The summed E-state index contributed by atoms with van der Waals surface area (Å²) in [5.41, 5.74) is 2.71. The highest BCUT2D eigenvalue weighted by Gasteiger charge is 2.42. The third-order valence-corrected chi connectivity index (χ3v) is 4.97. The number of rotatable bonds is 3. The summed E-state index contributed by atoms with van der Waals surface area (Å²) in [7, 11) is 0. The number of benzene rings is 1. The van der Waals surface area contributed by atoms with E-state index in [1.165, 1.54) is 36.8 Å². The van der Waals surface area contributed by atoms with Gasteiger partial charge in [0.2, 0.25) is 0 Å². The van der Waals surface area contributed by atoms with E-state index < -0.39 is 0 Å². The lowest BCUT2D eigenvalue weighted by Gasteiger charge is -2.31. The predicted molar refractivity (Wildman–Crippen MR) is 78.3 cm³/mol. The van der Waals surface area contributed by atoms with Gasteiger partial charge in [-0.1, -0.05) is 24.3 Å². The second kappa shape index (κ2) is 4.80. The lowest BCUT2D eigenvalue weighted by molar-refractivity contribution is 0.185. The highest BCUT2D eigenvalue weighted by atomic mass is 16.2. The number of nitrogens with zero attached hydrogens (tertiary/aromatic N) is 1. The number of amides is 2. The lowest BCUT2D eigenvalue weighted by atomic mass is 10.0. The molecule has 1 N–H and O–H groups in total. The molecule has 0 atom stereocenters. The van der Waals surface area contributed by atoms with Crippen LogP contribution in [0.25, 0.3) is 0 Å². The summed E-state index contributed by atoms with van der Waals surface area (Å²) in [4.78, 5) is 14.5. The highest BCUT2D eigenvalue weighted by molar-refractivity contribution is 5.75. The first kappa shape index (κ1) is 12.2. The normalized spacial score (nSPS) is 21.8. The Morgan fingerprint density at radius 1 is 1.10 bits per heavy atom. The van der Waals surface area contributed by atoms with E-state index in [0.717, 1.165) is 31.3 Å². The Morgan fingerprint density at radius 3 is 2.40 bits per heavy atom. The van der Waals surface area contributed by atoms with E-state index >= 15 is 0 Å². The minimum absolute atomic E-state index is 0.156. The minimum Gasteiger partial charge on any atom is -0.335 e. The third-order valence-electron chi connectivity index (χ3n) is 4.97. The molecule has 0 spiro atoms. The summed E-state index contributed by atoms with van der Waals surface area (Å²) in [6, 6.07) is 9.10. The van der Waals surface area contributed by atoms with Crippen molar-refractivity contribution in [2.24, 2.45) is 11.8 Å². The monoisotopic (exact) mass is 270 g/mol. The molecule has 3 aliphatic rings. The van der Waals surface area contributed by atoms with Crippen molar-refractivity contribution in [2.45, 2.75) is 44.7 Å². The van der Waals surface area contributed by atoms with Crippen LogP contribution in [0.1, 0.15) is 36.8 Å². The van der Waals surface area contributed by atoms with E-state index in [4.69, 9.17) is 0 Å². The smallest absolute Gasteiger partial charge is 0.317 e. The van der Waals surface area contributed by atoms with Gasteiger partial charge in [0, 0.05) is 19.1 Å². The first-order chi connectivity index (χ1) is 9.81. The van der Waals surface area contributed by atoms with Gasteiger partial charge in [0.15, 0.2) is 0 Å². The summed E-state index contributed by atoms with van der Waals surface area (Å²) in [5.74, 6) is 1.53. The first-order valence-electron chi connectivity index (χ1n) is 7.93. The average molecular weight is 270 g/mol. The second-order valence-corrected chi connectivity index (χ2v) is 6.59. The number of carbonyl (C=O) groups is 1. The summed E-state index contributed by atoms with van der Waals surface area (Å²) in [6.45, 7) is 1.62. The number of carbonyl (C=O) groups excluding carboxylic acids is 1. The van der Waals surface area contributed by atoms with Gasteiger partial charge in [-0.25, -0.2) is 4.79 Å². The van der Waals surface area contributed by atoms with E-state index in [2.05, 4.69) is 29.6 Å². The van der Waals surface area contributed by atoms with Crippen LogP contribution in [-0.2, 0) is 13.0 Å². The van der Waals surface area contributed by atoms with E-state index in [9.17, 15) is 4.79 Å². The summed E-state index contributed by atoms with van der Waals surface area (Å²) in [5, 5.41) is 3.33. The molecular weight excluding hydrogens is 248 g/mol. The average Bonchev–Trinajstić information content (AvgIpc) is 3.37. The Hall–Kier alpha value is -1.51. The SMILES string of the molecule is O=C(NC(C1CC1)C1CC1)N1CCc2ccccc2C1. The molecule has 4 rings (SSSR count). The Bertz CT molecular complexity index is 507. The highest BCUT2D eigenvalue weighted by Crippen LogP contribution is 2.44. The van der Waals surface area contributed by atoms with Gasteiger partial charge in [0.25, 0.3) is 0 Å². The van der Waals surface area contributed by atoms with Gasteiger partial charge in [-0.3, -0.25) is 0 Å². The molecule has 2 fully saturated rings. The van der Waals surface area contributed by atoms with Crippen LogP contribution >= 0.6 is 0 Å². The molecule has 0 bridgehead atoms. The van der Waals surface area contributed by atoms with E-state index in [0.29, 0.717) is 6.04 Å². The molecule has 0 aromatic heterocycles. The number of hydrogen-bond donors (Lipinski definition) is 1. The maximum absolute atomic E-state index is 12.5. The second-order valence-electron chi connectivity index (χ2n) is 6.59. The predicted octanol–water partition coefficient (Wildman–Crippen LogP) is 2.94. The van der Waals surface area contributed by atoms with E-state index in [-0.39, 0.29) is 6.03 Å². The van der Waals surface area contributed by atoms with Crippen molar-refractivity contribution >= 4 is 6.03 Å². The number of fused-ring (bicyclic) bond motifs is 1. The van der Waals surface area contributed by atoms with E-state index in [1.54, 1.807) is 0 Å². The fourth-order valence-electron chi connectivity index (χ4n) is 3.43. The molecule has 0 radical (unpaired) electrons. The lowest BCUT2D eigenvalue weighted by Crippen LogP contribution is -2.48. The first-order valence-corrected chi connectivity index (χ1v) is 7.93. The van der Waals surface area contributed by atoms with Crippen molar-refractivity contribution in [3.05, 3.63) is 35.4 Å². The molecule has 1 aliphatic heterocycles. The molecule has 1 aromatic carbocycles. The van der Waals surface area contributed by atoms with Crippen LogP contribution in [0.15, 0.2) is 24.3 Å². The maximum atomic E-state index is 12.5. The largest absolute Gasteiger partial charge is 0.335 e. The zero-order chi connectivity index (χ0) is 13.5. The van der Waals surface area contributed by atoms with Crippen molar-refractivity contribution in [1.82, 2.24) is 10.2 Å². The molecule has 106 valence electrons. The summed E-state index contributed by atoms with van der Waals surface area (Å²) >= 11 is 0. The Morgan fingerprint density at radius 2 is 1.75 bits per heavy atom. The fourth-order valence-corrected chi connectivity index (χ4v) is 3.43. The topological polar surface area (TPSA) is 32.3 Å². The van der Waals surface area contributed by atoms with Crippen LogP contribution in [0.5, 0.6) is 0 Å². The van der Waals surface area contributed by atoms with Gasteiger partial charge in [-0.15, -0.1) is 0 Å². The van der Waals surface area contributed by atoms with Crippen LogP contribution < -0.4 is 5.32 Å². The van der Waals surface area contributed by atoms with Crippen molar-refractivity contribution in [3.8, 4) is 0 Å². The third kappa shape index (κ3) is 2.41. The van der Waals surface area contributed by atoms with Crippen LogP contribution in [0.3, 0.4) is 0 Å². The van der Waals surface area contributed by atoms with Crippen molar-refractivity contribution in [1.29, 1.82) is 0 Å². The van der Waals surface area contributed by atoms with Crippen molar-refractivity contribution in [3.63, 3.8) is 0 Å². The molecule has 20 heavy (non-hydrogen) atoms. The van der Waals surface area contributed by atoms with E-state index in [1.807, 2.05) is 4.90 Å². The molecule has 0 unspecified atom stereocenters. The zero-order valence-corrected chi connectivity index (χ0v) is 11.8. The van der Waals surface area contributed by atoms with Crippen molar-refractivity contribution < 1.29 is 4.79 Å². The molecular formula is C17H22N2O. The quantitative estimate of drug-likeness (QED) is 0.900. The van der Waals surface area contributed by atoms with Crippen LogP contribution in [-0.4, -0.2) is 23.5 Å². The van der Waals surface area contributed by atoms with Gasteiger partial charge in [-0.2, -0.15) is 0 Å². The van der Waals surface area contributed by atoms with Gasteiger partial charge < -0.3 is 10.2 Å². The van der Waals surface area contributed by atoms with Gasteiger partial charge >= 0.3 is 6.03 Å². The zero-order valence-electron chi connectivity index (χ0n) is 11.8. The Balaban J connectivity index is 1.41.